The quantitative estimate of drug-likeness (QED) is 0.813. The van der Waals surface area contributed by atoms with Crippen LogP contribution in [0.5, 0.6) is 0 Å². The van der Waals surface area contributed by atoms with Crippen molar-refractivity contribution in [1.82, 2.24) is 4.98 Å². The molecule has 1 fully saturated rings. The fraction of sp³-hybridized carbons (Fsp3) is 0.364. The van der Waals surface area contributed by atoms with Gasteiger partial charge in [-0.2, -0.15) is 0 Å². The molecule has 2 atom stereocenters. The highest BCUT2D eigenvalue weighted by Gasteiger charge is 2.32. The average molecular weight is 204 g/mol. The van der Waals surface area contributed by atoms with E-state index in [0.29, 0.717) is 6.04 Å². The molecule has 3 rings (SSSR count). The molecule has 3 heteroatoms. The second-order valence-electron chi connectivity index (χ2n) is 3.96. The summed E-state index contributed by atoms with van der Waals surface area (Å²) in [4.78, 5) is 4.39. The van der Waals surface area contributed by atoms with Gasteiger partial charge in [0.2, 0.25) is 0 Å². The molecule has 1 aliphatic rings. The van der Waals surface area contributed by atoms with Crippen molar-refractivity contribution in [3.63, 3.8) is 0 Å². The highest BCUT2D eigenvalue weighted by atomic mass is 32.1. The molecule has 0 aromatic carbocycles. The molecule has 0 aliphatic heterocycles. The third kappa shape index (κ3) is 1.28. The van der Waals surface area contributed by atoms with Crippen molar-refractivity contribution in [3.05, 3.63) is 23.7 Å². The van der Waals surface area contributed by atoms with Crippen LogP contribution in [-0.2, 0) is 0 Å². The van der Waals surface area contributed by atoms with Crippen LogP contribution in [0.25, 0.3) is 10.1 Å². The van der Waals surface area contributed by atoms with E-state index in [1.54, 1.807) is 11.3 Å². The van der Waals surface area contributed by atoms with E-state index in [4.69, 9.17) is 0 Å². The van der Waals surface area contributed by atoms with E-state index in [1.165, 1.54) is 16.5 Å². The number of anilines is 1. The summed E-state index contributed by atoms with van der Waals surface area (Å²) in [5.74, 6) is 1.86. The fourth-order valence-electron chi connectivity index (χ4n) is 1.71. The minimum atomic E-state index is 0.646. The third-order valence-electron chi connectivity index (χ3n) is 2.81. The van der Waals surface area contributed by atoms with E-state index < -0.39 is 0 Å². The standard InChI is InChI=1S/C11H12N2S/c1-7-6-9(7)13-11-8-3-5-14-10(8)2-4-12-11/h2-5,7,9H,6H2,1H3,(H,12,13). The van der Waals surface area contributed by atoms with Crippen molar-refractivity contribution in [2.24, 2.45) is 5.92 Å². The molecule has 2 nitrogen and oxygen atoms in total. The molecule has 1 saturated carbocycles. The first-order chi connectivity index (χ1) is 6.84. The van der Waals surface area contributed by atoms with Crippen molar-refractivity contribution in [2.45, 2.75) is 19.4 Å². The van der Waals surface area contributed by atoms with E-state index in [-0.39, 0.29) is 0 Å². The molecule has 0 spiro atoms. The summed E-state index contributed by atoms with van der Waals surface area (Å²) in [5.41, 5.74) is 0. The van der Waals surface area contributed by atoms with E-state index in [1.807, 2.05) is 6.20 Å². The summed E-state index contributed by atoms with van der Waals surface area (Å²) < 4.78 is 1.32. The van der Waals surface area contributed by atoms with Crippen molar-refractivity contribution < 1.29 is 0 Å². The van der Waals surface area contributed by atoms with Crippen LogP contribution >= 0.6 is 11.3 Å². The van der Waals surface area contributed by atoms with Gasteiger partial charge in [0.25, 0.3) is 0 Å². The predicted molar refractivity (Wildman–Crippen MR) is 60.8 cm³/mol. The predicted octanol–water partition coefficient (Wildman–Crippen LogP) is 3.12. The van der Waals surface area contributed by atoms with Gasteiger partial charge in [-0.25, -0.2) is 4.98 Å². The number of nitrogens with one attached hydrogen (secondary N) is 1. The van der Waals surface area contributed by atoms with Crippen LogP contribution in [0.2, 0.25) is 0 Å². The van der Waals surface area contributed by atoms with E-state index >= 15 is 0 Å². The zero-order valence-electron chi connectivity index (χ0n) is 8.03. The van der Waals surface area contributed by atoms with Gasteiger partial charge in [-0.1, -0.05) is 6.92 Å². The van der Waals surface area contributed by atoms with Crippen LogP contribution in [0.4, 0.5) is 5.82 Å². The molecule has 72 valence electrons. The lowest BCUT2D eigenvalue weighted by atomic mass is 10.3. The summed E-state index contributed by atoms with van der Waals surface area (Å²) in [6.07, 6.45) is 3.16. The SMILES string of the molecule is CC1CC1Nc1nccc2sccc12. The van der Waals surface area contributed by atoms with Gasteiger partial charge in [0.05, 0.1) is 0 Å². The Morgan fingerprint density at radius 2 is 2.36 bits per heavy atom. The van der Waals surface area contributed by atoms with Gasteiger partial charge in [-0.15, -0.1) is 11.3 Å². The number of hydrogen-bond donors (Lipinski definition) is 1. The van der Waals surface area contributed by atoms with E-state index in [2.05, 4.69) is 34.7 Å². The molecule has 2 unspecified atom stereocenters. The Morgan fingerprint density at radius 1 is 1.50 bits per heavy atom. The number of thiophene rings is 1. The van der Waals surface area contributed by atoms with Gasteiger partial charge in [0, 0.05) is 22.3 Å². The van der Waals surface area contributed by atoms with Crippen LogP contribution in [0.1, 0.15) is 13.3 Å². The monoisotopic (exact) mass is 204 g/mol. The maximum absolute atomic E-state index is 4.39. The first kappa shape index (κ1) is 8.24. The number of fused-ring (bicyclic) bond motifs is 1. The second kappa shape index (κ2) is 2.95. The number of aromatic nitrogens is 1. The molecule has 1 N–H and O–H groups in total. The number of nitrogens with zero attached hydrogens (tertiary/aromatic N) is 1. The van der Waals surface area contributed by atoms with Crippen LogP contribution in [0, 0.1) is 5.92 Å². The molecule has 2 aromatic rings. The van der Waals surface area contributed by atoms with Gasteiger partial charge in [-0.05, 0) is 29.9 Å². The molecule has 0 radical (unpaired) electrons. The Kier molecular flexibility index (Phi) is 1.74. The maximum Gasteiger partial charge on any atom is 0.134 e. The molecule has 0 saturated heterocycles. The zero-order chi connectivity index (χ0) is 9.54. The third-order valence-corrected chi connectivity index (χ3v) is 3.69. The first-order valence-corrected chi connectivity index (χ1v) is 5.81. The Labute approximate surface area is 87.0 Å². The number of hydrogen-bond acceptors (Lipinski definition) is 3. The minimum absolute atomic E-state index is 0.646. The van der Waals surface area contributed by atoms with Gasteiger partial charge >= 0.3 is 0 Å². The molecular formula is C11H12N2S. The largest absolute Gasteiger partial charge is 0.367 e. The molecule has 14 heavy (non-hydrogen) atoms. The van der Waals surface area contributed by atoms with E-state index in [9.17, 15) is 0 Å². The van der Waals surface area contributed by atoms with Gasteiger partial charge in [-0.3, -0.25) is 0 Å². The maximum atomic E-state index is 4.39. The molecule has 0 amide bonds. The summed E-state index contributed by atoms with van der Waals surface area (Å²) in [7, 11) is 0. The lowest BCUT2D eigenvalue weighted by Crippen LogP contribution is -2.04. The Balaban J connectivity index is 1.98. The molecule has 2 heterocycles. The summed E-state index contributed by atoms with van der Waals surface area (Å²) in [6, 6.07) is 4.86. The normalized spacial score (nSPS) is 25.2. The second-order valence-corrected chi connectivity index (χ2v) is 4.90. The lowest BCUT2D eigenvalue weighted by molar-refractivity contribution is 0.925. The van der Waals surface area contributed by atoms with Gasteiger partial charge < -0.3 is 5.32 Å². The van der Waals surface area contributed by atoms with Crippen LogP contribution in [0.3, 0.4) is 0 Å². The smallest absolute Gasteiger partial charge is 0.134 e. The van der Waals surface area contributed by atoms with Crippen LogP contribution in [0.15, 0.2) is 23.7 Å². The zero-order valence-corrected chi connectivity index (χ0v) is 8.84. The molecular weight excluding hydrogens is 192 g/mol. The Morgan fingerprint density at radius 3 is 3.14 bits per heavy atom. The molecule has 0 bridgehead atoms. The lowest BCUT2D eigenvalue weighted by Gasteiger charge is -2.04. The van der Waals surface area contributed by atoms with Gasteiger partial charge in [0.1, 0.15) is 5.82 Å². The topological polar surface area (TPSA) is 24.9 Å². The van der Waals surface area contributed by atoms with Crippen LogP contribution in [-0.4, -0.2) is 11.0 Å². The highest BCUT2D eigenvalue weighted by molar-refractivity contribution is 7.17. The van der Waals surface area contributed by atoms with Crippen molar-refractivity contribution >= 4 is 27.2 Å². The summed E-state index contributed by atoms with van der Waals surface area (Å²) in [6.45, 7) is 2.27. The Bertz CT molecular complexity index is 463. The first-order valence-electron chi connectivity index (χ1n) is 4.93. The summed E-state index contributed by atoms with van der Waals surface area (Å²) in [5, 5.41) is 6.87. The fourth-order valence-corrected chi connectivity index (χ4v) is 2.49. The molecule has 1 aliphatic carbocycles. The average Bonchev–Trinajstić information content (AvgIpc) is 2.69. The van der Waals surface area contributed by atoms with Crippen LogP contribution < -0.4 is 5.32 Å². The van der Waals surface area contributed by atoms with Crippen molar-refractivity contribution in [3.8, 4) is 0 Å². The van der Waals surface area contributed by atoms with Gasteiger partial charge in [0.15, 0.2) is 0 Å². The summed E-state index contributed by atoms with van der Waals surface area (Å²) >= 11 is 1.77. The van der Waals surface area contributed by atoms with Crippen molar-refractivity contribution in [2.75, 3.05) is 5.32 Å². The molecule has 2 aromatic heterocycles. The van der Waals surface area contributed by atoms with E-state index in [0.717, 1.165) is 11.7 Å². The Hall–Kier alpha value is -1.09. The highest BCUT2D eigenvalue weighted by Crippen LogP contribution is 2.34. The number of rotatable bonds is 2. The minimum Gasteiger partial charge on any atom is -0.367 e. The van der Waals surface area contributed by atoms with Crippen molar-refractivity contribution in [1.29, 1.82) is 0 Å². The number of pyridine rings is 1.